The maximum Gasteiger partial charge on any atom is 0.235 e. The van der Waals surface area contributed by atoms with Crippen LogP contribution < -0.4 is 10.6 Å². The van der Waals surface area contributed by atoms with Crippen molar-refractivity contribution in [2.75, 3.05) is 26.2 Å². The van der Waals surface area contributed by atoms with E-state index in [-0.39, 0.29) is 5.91 Å². The van der Waals surface area contributed by atoms with Crippen molar-refractivity contribution in [3.05, 3.63) is 0 Å². The molecule has 1 amide bonds. The Morgan fingerprint density at radius 3 is 2.58 bits per heavy atom. The third kappa shape index (κ3) is 3.46. The van der Waals surface area contributed by atoms with Crippen molar-refractivity contribution in [3.8, 4) is 6.07 Å². The summed E-state index contributed by atoms with van der Waals surface area (Å²) in [5.41, 5.74) is -0.605. The quantitative estimate of drug-likeness (QED) is 0.764. The molecular weight excluding hydrogens is 240 g/mol. The first-order valence-corrected chi connectivity index (χ1v) is 7.36. The number of likely N-dealkylation sites (N-methyl/N-ethyl adjacent to an activating group) is 1. The number of carbonyl (C=O) groups is 1. The fourth-order valence-corrected chi connectivity index (χ4v) is 2.94. The zero-order valence-electron chi connectivity index (χ0n) is 11.7. The van der Waals surface area contributed by atoms with Gasteiger partial charge in [-0.05, 0) is 19.4 Å². The van der Waals surface area contributed by atoms with Gasteiger partial charge in [0.15, 0.2) is 0 Å². The Morgan fingerprint density at radius 1 is 1.42 bits per heavy atom. The summed E-state index contributed by atoms with van der Waals surface area (Å²) < 4.78 is 0. The van der Waals surface area contributed by atoms with Crippen LogP contribution in [0.15, 0.2) is 0 Å². The second-order valence-electron chi connectivity index (χ2n) is 5.68. The molecule has 2 aliphatic rings. The van der Waals surface area contributed by atoms with Crippen LogP contribution in [0, 0.1) is 11.3 Å². The molecular formula is C14H24N4O. The largest absolute Gasteiger partial charge is 0.337 e. The molecule has 1 saturated heterocycles. The lowest BCUT2D eigenvalue weighted by molar-refractivity contribution is -0.124. The van der Waals surface area contributed by atoms with Gasteiger partial charge in [-0.15, -0.1) is 0 Å². The number of nitrogens with zero attached hydrogens (tertiary/aromatic N) is 2. The average Bonchev–Trinajstić information content (AvgIpc) is 2.36. The third-order valence-corrected chi connectivity index (χ3v) is 4.33. The molecule has 5 nitrogen and oxygen atoms in total. The summed E-state index contributed by atoms with van der Waals surface area (Å²) in [7, 11) is 0. The predicted molar refractivity (Wildman–Crippen MR) is 73.5 cm³/mol. The van der Waals surface area contributed by atoms with Crippen molar-refractivity contribution in [2.24, 2.45) is 0 Å². The Labute approximate surface area is 115 Å². The van der Waals surface area contributed by atoms with Crippen LogP contribution in [0.2, 0.25) is 0 Å². The summed E-state index contributed by atoms with van der Waals surface area (Å²) in [5.74, 6) is -0.00259. The molecule has 0 unspecified atom stereocenters. The van der Waals surface area contributed by atoms with Crippen LogP contribution in [0.3, 0.4) is 0 Å². The monoisotopic (exact) mass is 264 g/mol. The number of carbonyl (C=O) groups excluding carboxylic acids is 1. The van der Waals surface area contributed by atoms with E-state index >= 15 is 0 Å². The standard InChI is InChI=1S/C14H24N4O/c1-2-18(12-8-16-9-12)10-13(19)17-14(11-15)6-4-3-5-7-14/h12,16H,2-10H2,1H3,(H,17,19). The molecule has 0 bridgehead atoms. The van der Waals surface area contributed by atoms with Gasteiger partial charge >= 0.3 is 0 Å². The molecule has 0 aromatic carbocycles. The highest BCUT2D eigenvalue weighted by Crippen LogP contribution is 2.27. The van der Waals surface area contributed by atoms with Crippen LogP contribution >= 0.6 is 0 Å². The highest BCUT2D eigenvalue weighted by Gasteiger charge is 2.34. The topological polar surface area (TPSA) is 68.2 Å². The maximum absolute atomic E-state index is 12.2. The molecule has 2 N–H and O–H groups in total. The zero-order chi connectivity index (χ0) is 13.7. The van der Waals surface area contributed by atoms with E-state index < -0.39 is 5.54 Å². The van der Waals surface area contributed by atoms with Gasteiger partial charge < -0.3 is 10.6 Å². The molecule has 2 fully saturated rings. The van der Waals surface area contributed by atoms with E-state index in [2.05, 4.69) is 28.5 Å². The van der Waals surface area contributed by atoms with Crippen LogP contribution in [0.25, 0.3) is 0 Å². The van der Waals surface area contributed by atoms with Crippen molar-refractivity contribution in [1.29, 1.82) is 5.26 Å². The maximum atomic E-state index is 12.2. The van der Waals surface area contributed by atoms with Crippen molar-refractivity contribution < 1.29 is 4.79 Å². The molecule has 0 aromatic rings. The van der Waals surface area contributed by atoms with Gasteiger partial charge in [0.1, 0.15) is 5.54 Å². The third-order valence-electron chi connectivity index (χ3n) is 4.33. The minimum absolute atomic E-state index is 0.00259. The van der Waals surface area contributed by atoms with Crippen LogP contribution in [0.5, 0.6) is 0 Å². The van der Waals surface area contributed by atoms with E-state index in [1.807, 2.05) is 0 Å². The predicted octanol–water partition coefficient (Wildman–Crippen LogP) is 0.623. The lowest BCUT2D eigenvalue weighted by Crippen LogP contribution is -2.60. The van der Waals surface area contributed by atoms with E-state index in [9.17, 15) is 10.1 Å². The molecule has 2 rings (SSSR count). The van der Waals surface area contributed by atoms with Crippen LogP contribution in [-0.4, -0.2) is 48.6 Å². The first-order valence-electron chi connectivity index (χ1n) is 7.36. The molecule has 5 heteroatoms. The van der Waals surface area contributed by atoms with Crippen molar-refractivity contribution >= 4 is 5.91 Å². The van der Waals surface area contributed by atoms with Crippen molar-refractivity contribution in [3.63, 3.8) is 0 Å². The number of nitriles is 1. The Bertz CT molecular complexity index is 353. The number of hydrogen-bond acceptors (Lipinski definition) is 4. The van der Waals surface area contributed by atoms with Crippen molar-refractivity contribution in [2.45, 2.75) is 50.6 Å². The lowest BCUT2D eigenvalue weighted by atomic mass is 9.83. The molecule has 0 spiro atoms. The van der Waals surface area contributed by atoms with E-state index in [0.29, 0.717) is 12.6 Å². The van der Waals surface area contributed by atoms with Gasteiger partial charge in [-0.3, -0.25) is 9.69 Å². The van der Waals surface area contributed by atoms with Gasteiger partial charge in [0, 0.05) is 19.1 Å². The van der Waals surface area contributed by atoms with Gasteiger partial charge in [0.25, 0.3) is 0 Å². The smallest absolute Gasteiger partial charge is 0.235 e. The highest BCUT2D eigenvalue weighted by molar-refractivity contribution is 5.79. The average molecular weight is 264 g/mol. The van der Waals surface area contributed by atoms with Gasteiger partial charge in [0.2, 0.25) is 5.91 Å². The molecule has 1 heterocycles. The van der Waals surface area contributed by atoms with Gasteiger partial charge in [-0.2, -0.15) is 5.26 Å². The van der Waals surface area contributed by atoms with Gasteiger partial charge in [0.05, 0.1) is 12.6 Å². The Morgan fingerprint density at radius 2 is 2.11 bits per heavy atom. The van der Waals surface area contributed by atoms with E-state index in [1.165, 1.54) is 6.42 Å². The van der Waals surface area contributed by atoms with E-state index in [1.54, 1.807) is 0 Å². The summed E-state index contributed by atoms with van der Waals surface area (Å²) in [6.07, 6.45) is 4.85. The Balaban J connectivity index is 1.86. The van der Waals surface area contributed by atoms with Gasteiger partial charge in [-0.25, -0.2) is 0 Å². The number of hydrogen-bond donors (Lipinski definition) is 2. The number of nitrogens with one attached hydrogen (secondary N) is 2. The first-order chi connectivity index (χ1) is 9.19. The SMILES string of the molecule is CCN(CC(=O)NC1(C#N)CCCCC1)C1CNC1. The second-order valence-corrected chi connectivity index (χ2v) is 5.68. The summed E-state index contributed by atoms with van der Waals surface area (Å²) >= 11 is 0. The summed E-state index contributed by atoms with van der Waals surface area (Å²) in [5, 5.41) is 15.6. The fraction of sp³-hybridized carbons (Fsp3) is 0.857. The normalized spacial score (nSPS) is 22.6. The van der Waals surface area contributed by atoms with Crippen LogP contribution in [0.1, 0.15) is 39.0 Å². The van der Waals surface area contributed by atoms with Gasteiger partial charge in [-0.1, -0.05) is 26.2 Å². The molecule has 0 aromatic heterocycles. The molecule has 0 radical (unpaired) electrons. The highest BCUT2D eigenvalue weighted by atomic mass is 16.2. The lowest BCUT2D eigenvalue weighted by Gasteiger charge is -2.38. The number of rotatable bonds is 5. The molecule has 0 atom stereocenters. The fourth-order valence-electron chi connectivity index (χ4n) is 2.94. The Kier molecular flexibility index (Phi) is 4.78. The second kappa shape index (κ2) is 6.36. The van der Waals surface area contributed by atoms with E-state index in [4.69, 9.17) is 0 Å². The minimum atomic E-state index is -0.605. The van der Waals surface area contributed by atoms with Crippen LogP contribution in [0.4, 0.5) is 0 Å². The minimum Gasteiger partial charge on any atom is -0.337 e. The molecule has 19 heavy (non-hydrogen) atoms. The zero-order valence-corrected chi connectivity index (χ0v) is 11.7. The first kappa shape index (κ1) is 14.3. The van der Waals surface area contributed by atoms with Crippen LogP contribution in [-0.2, 0) is 4.79 Å². The summed E-state index contributed by atoms with van der Waals surface area (Å²) in [6, 6.07) is 2.81. The molecule has 106 valence electrons. The van der Waals surface area contributed by atoms with E-state index in [0.717, 1.165) is 45.3 Å². The molecule has 1 aliphatic carbocycles. The summed E-state index contributed by atoms with van der Waals surface area (Å²) in [6.45, 7) is 5.28. The number of amides is 1. The molecule has 1 saturated carbocycles. The summed E-state index contributed by atoms with van der Waals surface area (Å²) in [4.78, 5) is 14.3. The molecule has 1 aliphatic heterocycles. The Hall–Kier alpha value is -1.12. The van der Waals surface area contributed by atoms with Crippen molar-refractivity contribution in [1.82, 2.24) is 15.5 Å².